The highest BCUT2D eigenvalue weighted by Gasteiger charge is 2.14. The Bertz CT molecular complexity index is 379. The van der Waals surface area contributed by atoms with E-state index in [0.29, 0.717) is 10.6 Å². The van der Waals surface area contributed by atoms with Crippen molar-refractivity contribution in [2.24, 2.45) is 0 Å². The number of nitrogens with zero attached hydrogens (tertiary/aromatic N) is 1. The van der Waals surface area contributed by atoms with Gasteiger partial charge in [-0.25, -0.2) is 0 Å². The molecular formula is C13H23N3OS. The van der Waals surface area contributed by atoms with Crippen molar-refractivity contribution in [2.75, 3.05) is 25.4 Å². The van der Waals surface area contributed by atoms with Gasteiger partial charge in [-0.1, -0.05) is 13.8 Å². The van der Waals surface area contributed by atoms with E-state index < -0.39 is 0 Å². The van der Waals surface area contributed by atoms with E-state index in [-0.39, 0.29) is 11.9 Å². The maximum atomic E-state index is 12.0. The van der Waals surface area contributed by atoms with Gasteiger partial charge >= 0.3 is 0 Å². The number of hydrogen-bond donors (Lipinski definition) is 2. The highest BCUT2D eigenvalue weighted by atomic mass is 32.1. The number of nitrogen functional groups attached to an aromatic ring is 1. The van der Waals surface area contributed by atoms with E-state index in [9.17, 15) is 4.79 Å². The van der Waals surface area contributed by atoms with Crippen molar-refractivity contribution in [3.8, 4) is 0 Å². The number of nitrogens with one attached hydrogen (secondary N) is 1. The van der Waals surface area contributed by atoms with Crippen LogP contribution in [-0.4, -0.2) is 36.5 Å². The SMILES string of the molecule is CCN(CC)CC(C)NC(=O)c1cc(N)c(C)s1. The van der Waals surface area contributed by atoms with Crippen molar-refractivity contribution in [3.63, 3.8) is 0 Å². The summed E-state index contributed by atoms with van der Waals surface area (Å²) >= 11 is 1.44. The smallest absolute Gasteiger partial charge is 0.261 e. The molecule has 5 heteroatoms. The topological polar surface area (TPSA) is 58.4 Å². The Morgan fingerprint density at radius 3 is 2.56 bits per heavy atom. The predicted molar refractivity (Wildman–Crippen MR) is 78.2 cm³/mol. The molecule has 0 bridgehead atoms. The zero-order chi connectivity index (χ0) is 13.7. The first-order chi connectivity index (χ1) is 8.47. The lowest BCUT2D eigenvalue weighted by molar-refractivity contribution is 0.0934. The number of carbonyl (C=O) groups is 1. The van der Waals surface area contributed by atoms with Crippen molar-refractivity contribution in [3.05, 3.63) is 15.8 Å². The van der Waals surface area contributed by atoms with Crippen LogP contribution in [0.3, 0.4) is 0 Å². The average Bonchev–Trinajstić information content (AvgIpc) is 2.66. The summed E-state index contributed by atoms with van der Waals surface area (Å²) in [5.74, 6) is -0.0283. The molecule has 102 valence electrons. The third kappa shape index (κ3) is 3.99. The second-order valence-electron chi connectivity index (χ2n) is 4.48. The minimum Gasteiger partial charge on any atom is -0.398 e. The lowest BCUT2D eigenvalue weighted by Crippen LogP contribution is -2.41. The standard InChI is InChI=1S/C13H23N3OS/c1-5-16(6-2)8-9(3)15-13(17)12-7-11(14)10(4)18-12/h7,9H,5-6,8,14H2,1-4H3,(H,15,17). The Kier molecular flexibility index (Phi) is 5.62. The summed E-state index contributed by atoms with van der Waals surface area (Å²) in [7, 11) is 0. The highest BCUT2D eigenvalue weighted by molar-refractivity contribution is 7.14. The van der Waals surface area contributed by atoms with E-state index in [1.165, 1.54) is 11.3 Å². The van der Waals surface area contributed by atoms with E-state index in [4.69, 9.17) is 5.73 Å². The molecule has 1 rings (SSSR count). The fourth-order valence-electron chi connectivity index (χ4n) is 1.82. The lowest BCUT2D eigenvalue weighted by atomic mass is 10.3. The van der Waals surface area contributed by atoms with Gasteiger partial charge in [0.25, 0.3) is 5.91 Å². The number of anilines is 1. The molecule has 1 heterocycles. The minimum absolute atomic E-state index is 0.0283. The van der Waals surface area contributed by atoms with Crippen LogP contribution in [0, 0.1) is 6.92 Å². The molecule has 1 aromatic rings. The van der Waals surface area contributed by atoms with Gasteiger partial charge in [0.15, 0.2) is 0 Å². The number of nitrogens with two attached hydrogens (primary N) is 1. The summed E-state index contributed by atoms with van der Waals surface area (Å²) in [6.45, 7) is 11.1. The maximum Gasteiger partial charge on any atom is 0.261 e. The van der Waals surface area contributed by atoms with Crippen molar-refractivity contribution in [1.82, 2.24) is 10.2 Å². The van der Waals surface area contributed by atoms with Crippen LogP contribution in [-0.2, 0) is 0 Å². The van der Waals surface area contributed by atoms with Gasteiger partial charge in [-0.3, -0.25) is 4.79 Å². The highest BCUT2D eigenvalue weighted by Crippen LogP contribution is 2.23. The molecule has 1 amide bonds. The van der Waals surface area contributed by atoms with Crippen LogP contribution in [0.15, 0.2) is 6.07 Å². The molecule has 0 saturated carbocycles. The van der Waals surface area contributed by atoms with Crippen molar-refractivity contribution >= 4 is 22.9 Å². The van der Waals surface area contributed by atoms with Gasteiger partial charge in [0, 0.05) is 23.2 Å². The maximum absolute atomic E-state index is 12.0. The zero-order valence-corrected chi connectivity index (χ0v) is 12.4. The van der Waals surface area contributed by atoms with Gasteiger partial charge in [-0.2, -0.15) is 0 Å². The second kappa shape index (κ2) is 6.75. The van der Waals surface area contributed by atoms with Crippen molar-refractivity contribution < 1.29 is 4.79 Å². The number of thiophene rings is 1. The number of rotatable bonds is 6. The Hall–Kier alpha value is -1.07. The fourth-order valence-corrected chi connectivity index (χ4v) is 2.66. The van der Waals surface area contributed by atoms with Crippen LogP contribution in [0.2, 0.25) is 0 Å². The molecule has 0 aliphatic carbocycles. The molecule has 0 saturated heterocycles. The van der Waals surface area contributed by atoms with Crippen LogP contribution in [0.4, 0.5) is 5.69 Å². The van der Waals surface area contributed by atoms with Gasteiger partial charge in [0.1, 0.15) is 0 Å². The molecule has 0 aromatic carbocycles. The normalized spacial score (nSPS) is 12.7. The summed E-state index contributed by atoms with van der Waals surface area (Å²) in [6, 6.07) is 1.89. The number of amides is 1. The molecule has 0 fully saturated rings. The average molecular weight is 269 g/mol. The summed E-state index contributed by atoms with van der Waals surface area (Å²) < 4.78 is 0. The summed E-state index contributed by atoms with van der Waals surface area (Å²) in [4.78, 5) is 16.0. The predicted octanol–water partition coefficient (Wildman–Crippen LogP) is 2.10. The third-order valence-electron chi connectivity index (χ3n) is 2.98. The quantitative estimate of drug-likeness (QED) is 0.831. The molecule has 0 aliphatic rings. The molecule has 4 nitrogen and oxygen atoms in total. The van der Waals surface area contributed by atoms with E-state index in [2.05, 4.69) is 24.1 Å². The van der Waals surface area contributed by atoms with E-state index >= 15 is 0 Å². The largest absolute Gasteiger partial charge is 0.398 e. The lowest BCUT2D eigenvalue weighted by Gasteiger charge is -2.23. The van der Waals surface area contributed by atoms with Crippen molar-refractivity contribution in [2.45, 2.75) is 33.7 Å². The van der Waals surface area contributed by atoms with E-state index in [1.54, 1.807) is 6.07 Å². The summed E-state index contributed by atoms with van der Waals surface area (Å²) in [5.41, 5.74) is 6.45. The zero-order valence-electron chi connectivity index (χ0n) is 11.6. The minimum atomic E-state index is -0.0283. The first kappa shape index (κ1) is 15.0. The van der Waals surface area contributed by atoms with Gasteiger partial charge in [-0.05, 0) is 33.0 Å². The first-order valence-electron chi connectivity index (χ1n) is 6.37. The first-order valence-corrected chi connectivity index (χ1v) is 7.18. The molecule has 1 atom stereocenters. The molecule has 1 aromatic heterocycles. The molecule has 0 spiro atoms. The van der Waals surface area contributed by atoms with Crippen LogP contribution >= 0.6 is 11.3 Å². The Balaban J connectivity index is 2.54. The Morgan fingerprint density at radius 2 is 2.11 bits per heavy atom. The molecule has 18 heavy (non-hydrogen) atoms. The monoisotopic (exact) mass is 269 g/mol. The number of likely N-dealkylation sites (N-methyl/N-ethyl adjacent to an activating group) is 1. The second-order valence-corrected chi connectivity index (χ2v) is 5.74. The summed E-state index contributed by atoms with van der Waals surface area (Å²) in [5, 5.41) is 3.01. The Morgan fingerprint density at radius 1 is 1.50 bits per heavy atom. The number of aryl methyl sites for hydroxylation is 1. The third-order valence-corrected chi connectivity index (χ3v) is 4.05. The molecule has 0 radical (unpaired) electrons. The molecular weight excluding hydrogens is 246 g/mol. The Labute approximate surface area is 113 Å². The van der Waals surface area contributed by atoms with Crippen LogP contribution in [0.25, 0.3) is 0 Å². The molecule has 3 N–H and O–H groups in total. The van der Waals surface area contributed by atoms with E-state index in [1.807, 2.05) is 13.8 Å². The number of hydrogen-bond acceptors (Lipinski definition) is 4. The van der Waals surface area contributed by atoms with Gasteiger partial charge in [0.05, 0.1) is 4.88 Å². The fraction of sp³-hybridized carbons (Fsp3) is 0.615. The van der Waals surface area contributed by atoms with Gasteiger partial charge < -0.3 is 16.0 Å². The van der Waals surface area contributed by atoms with Gasteiger partial charge in [0.2, 0.25) is 0 Å². The van der Waals surface area contributed by atoms with Crippen molar-refractivity contribution in [1.29, 1.82) is 0 Å². The van der Waals surface area contributed by atoms with Crippen LogP contribution in [0.5, 0.6) is 0 Å². The summed E-state index contributed by atoms with van der Waals surface area (Å²) in [6.07, 6.45) is 0. The number of carbonyl (C=O) groups excluding carboxylic acids is 1. The van der Waals surface area contributed by atoms with Crippen LogP contribution < -0.4 is 11.1 Å². The van der Waals surface area contributed by atoms with Crippen LogP contribution in [0.1, 0.15) is 35.3 Å². The van der Waals surface area contributed by atoms with Gasteiger partial charge in [-0.15, -0.1) is 11.3 Å². The molecule has 0 aliphatic heterocycles. The molecule has 1 unspecified atom stereocenters. The van der Waals surface area contributed by atoms with E-state index in [0.717, 1.165) is 24.5 Å².